The molecule has 0 amide bonds. The van der Waals surface area contributed by atoms with Crippen molar-refractivity contribution >= 4 is 99.7 Å². The summed E-state index contributed by atoms with van der Waals surface area (Å²) >= 11 is 0. The van der Waals surface area contributed by atoms with E-state index >= 15 is 0 Å². The molecule has 0 saturated heterocycles. The van der Waals surface area contributed by atoms with Crippen molar-refractivity contribution in [1.29, 1.82) is 0 Å². The van der Waals surface area contributed by atoms with E-state index in [1.807, 2.05) is 24.3 Å². The first kappa shape index (κ1) is 43.7. The molecule has 1 aliphatic carbocycles. The highest BCUT2D eigenvalue weighted by Gasteiger charge is 2.54. The SMILES string of the molecule is c1ccc(-c2ccc(N(c3ccc4oc5c(c4c3)Oc3cc(N(c4ccc6c(c4)oc4ccccc46)c4ccc6oc7ccccc7c6c4)ccc3C53c4ccccc4-c4ccccc43)c3cccc4ccccc34)cc2)cc1. The van der Waals surface area contributed by atoms with Crippen LogP contribution in [0.1, 0.15) is 22.5 Å². The Balaban J connectivity index is 0.892. The van der Waals surface area contributed by atoms with Gasteiger partial charge in [-0.1, -0.05) is 170 Å². The van der Waals surface area contributed by atoms with Crippen LogP contribution in [0.3, 0.4) is 0 Å². The van der Waals surface area contributed by atoms with E-state index in [0.29, 0.717) is 5.75 Å². The summed E-state index contributed by atoms with van der Waals surface area (Å²) in [5.74, 6) is 2.18. The second-order valence-electron chi connectivity index (χ2n) is 20.7. The van der Waals surface area contributed by atoms with E-state index in [9.17, 15) is 0 Å². The molecular formula is C73H44N2O4. The fourth-order valence-electron chi connectivity index (χ4n) is 13.0. The number of para-hydroxylation sites is 2. The lowest BCUT2D eigenvalue weighted by Crippen LogP contribution is -2.31. The van der Waals surface area contributed by atoms with E-state index in [0.717, 1.165) is 134 Å². The minimum atomic E-state index is -0.858. The zero-order valence-corrected chi connectivity index (χ0v) is 42.4. The first-order valence-electron chi connectivity index (χ1n) is 26.8. The van der Waals surface area contributed by atoms with Crippen molar-refractivity contribution in [3.05, 3.63) is 289 Å². The van der Waals surface area contributed by atoms with Crippen LogP contribution < -0.4 is 14.5 Å². The van der Waals surface area contributed by atoms with Gasteiger partial charge in [-0.3, -0.25) is 0 Å². The lowest BCUT2D eigenvalue weighted by molar-refractivity contribution is 0.389. The highest BCUT2D eigenvalue weighted by molar-refractivity contribution is 6.09. The highest BCUT2D eigenvalue weighted by atomic mass is 16.5. The Morgan fingerprint density at radius 2 is 0.810 bits per heavy atom. The van der Waals surface area contributed by atoms with Gasteiger partial charge in [0.2, 0.25) is 0 Å². The third kappa shape index (κ3) is 6.40. The summed E-state index contributed by atoms with van der Waals surface area (Å²) in [5.41, 5.74) is 17.0. The lowest BCUT2D eigenvalue weighted by atomic mass is 9.69. The molecule has 1 aliphatic heterocycles. The first-order chi connectivity index (χ1) is 39.1. The molecular weight excluding hydrogens is 969 g/mol. The maximum atomic E-state index is 7.54. The van der Waals surface area contributed by atoms with Crippen molar-refractivity contribution in [3.8, 4) is 33.8 Å². The van der Waals surface area contributed by atoms with Crippen LogP contribution in [-0.4, -0.2) is 0 Å². The quantitative estimate of drug-likeness (QED) is 0.159. The monoisotopic (exact) mass is 1010 g/mol. The van der Waals surface area contributed by atoms with Crippen LogP contribution in [0.4, 0.5) is 34.1 Å². The number of anilines is 6. The summed E-state index contributed by atoms with van der Waals surface area (Å²) in [4.78, 5) is 4.66. The third-order valence-corrected chi connectivity index (χ3v) is 16.5. The smallest absolute Gasteiger partial charge is 0.178 e. The van der Waals surface area contributed by atoms with E-state index in [1.54, 1.807) is 0 Å². The van der Waals surface area contributed by atoms with E-state index in [2.05, 4.69) is 252 Å². The maximum absolute atomic E-state index is 7.54. The molecule has 0 unspecified atom stereocenters. The molecule has 17 rings (SSSR count). The van der Waals surface area contributed by atoms with Crippen molar-refractivity contribution in [3.63, 3.8) is 0 Å². The number of furan rings is 3. The molecule has 0 fully saturated rings. The number of hydrogen-bond acceptors (Lipinski definition) is 6. The van der Waals surface area contributed by atoms with Gasteiger partial charge in [0.15, 0.2) is 11.5 Å². The maximum Gasteiger partial charge on any atom is 0.178 e. The molecule has 0 saturated carbocycles. The minimum absolute atomic E-state index is 0.687. The van der Waals surface area contributed by atoms with E-state index < -0.39 is 5.41 Å². The largest absolute Gasteiger partial charge is 0.456 e. The van der Waals surface area contributed by atoms with Gasteiger partial charge in [0.25, 0.3) is 0 Å². The Bertz CT molecular complexity index is 4920. The Labute approximate surface area is 453 Å². The number of benzene rings is 12. The summed E-state index contributed by atoms with van der Waals surface area (Å²) in [6.07, 6.45) is 0. The van der Waals surface area contributed by atoms with Gasteiger partial charge in [0.05, 0.1) is 11.1 Å². The molecule has 12 aromatic carbocycles. The Morgan fingerprint density at radius 3 is 1.58 bits per heavy atom. The molecule has 15 aromatic rings. The summed E-state index contributed by atoms with van der Waals surface area (Å²) < 4.78 is 27.9. The minimum Gasteiger partial charge on any atom is -0.456 e. The molecule has 4 heterocycles. The number of fused-ring (bicyclic) bond motifs is 18. The van der Waals surface area contributed by atoms with Crippen LogP contribution in [0.2, 0.25) is 0 Å². The zero-order chi connectivity index (χ0) is 51.8. The van der Waals surface area contributed by atoms with Gasteiger partial charge in [-0.2, -0.15) is 0 Å². The van der Waals surface area contributed by atoms with E-state index in [4.69, 9.17) is 18.0 Å². The summed E-state index contributed by atoms with van der Waals surface area (Å²) in [5, 5.41) is 7.42. The van der Waals surface area contributed by atoms with Crippen molar-refractivity contribution in [2.45, 2.75) is 5.41 Å². The van der Waals surface area contributed by atoms with Crippen LogP contribution >= 0.6 is 0 Å². The fraction of sp³-hybridized carbons (Fsp3) is 0.0137. The van der Waals surface area contributed by atoms with Crippen LogP contribution in [0.5, 0.6) is 11.5 Å². The first-order valence-corrected chi connectivity index (χ1v) is 26.8. The van der Waals surface area contributed by atoms with Gasteiger partial charge in [0.1, 0.15) is 39.1 Å². The van der Waals surface area contributed by atoms with Gasteiger partial charge in [-0.25, -0.2) is 0 Å². The van der Waals surface area contributed by atoms with Gasteiger partial charge in [-0.05, 0) is 124 Å². The van der Waals surface area contributed by atoms with Gasteiger partial charge >= 0.3 is 0 Å². The van der Waals surface area contributed by atoms with Crippen LogP contribution in [0.15, 0.2) is 280 Å². The fourth-order valence-corrected chi connectivity index (χ4v) is 13.0. The molecule has 1 spiro atoms. The number of ether oxygens (including phenoxy) is 1. The van der Waals surface area contributed by atoms with Crippen molar-refractivity contribution in [2.24, 2.45) is 0 Å². The summed E-state index contributed by atoms with van der Waals surface area (Å²) in [6.45, 7) is 0. The Morgan fingerprint density at radius 1 is 0.291 bits per heavy atom. The topological polar surface area (TPSA) is 55.1 Å². The normalized spacial score (nSPS) is 13.0. The molecule has 0 N–H and O–H groups in total. The molecule has 6 nitrogen and oxygen atoms in total. The number of nitrogens with zero attached hydrogens (tertiary/aromatic N) is 2. The van der Waals surface area contributed by atoms with E-state index in [-0.39, 0.29) is 0 Å². The molecule has 0 radical (unpaired) electrons. The number of hydrogen-bond donors (Lipinski definition) is 0. The summed E-state index contributed by atoms with van der Waals surface area (Å²) in [6, 6.07) is 94.8. The average Bonchev–Trinajstić information content (AvgIpc) is 4.10. The van der Waals surface area contributed by atoms with Crippen molar-refractivity contribution in [1.82, 2.24) is 0 Å². The van der Waals surface area contributed by atoms with Crippen LogP contribution in [-0.2, 0) is 5.41 Å². The molecule has 0 bridgehead atoms. The van der Waals surface area contributed by atoms with Gasteiger partial charge in [0, 0.05) is 73.1 Å². The lowest BCUT2D eigenvalue weighted by Gasteiger charge is -2.37. The second-order valence-corrected chi connectivity index (χ2v) is 20.7. The summed E-state index contributed by atoms with van der Waals surface area (Å²) in [7, 11) is 0. The van der Waals surface area contributed by atoms with E-state index in [1.165, 1.54) is 16.7 Å². The third-order valence-electron chi connectivity index (χ3n) is 16.5. The van der Waals surface area contributed by atoms with Crippen LogP contribution in [0, 0.1) is 0 Å². The molecule has 370 valence electrons. The predicted octanol–water partition coefficient (Wildman–Crippen LogP) is 20.5. The van der Waals surface area contributed by atoms with Gasteiger partial charge in [-0.15, -0.1) is 0 Å². The van der Waals surface area contributed by atoms with Gasteiger partial charge < -0.3 is 27.8 Å². The Hall–Kier alpha value is -10.6. The standard InChI is InChI=1S/C73H44N2O4/c1-2-15-45(16-3-1)46-29-31-48(32-30-46)75(64-26-14-18-47-17-4-5-19-53(47)64)50-36-40-68-60(42-50)71-72(79-68)73(61-24-10-6-20-54(61)55-21-7-11-25-62(55)73)63-38-34-52(44-70(63)78-71)74(49-35-39-67-59(41-49)57-23-9-13-28-66(57)76-67)51-33-37-58-56-22-8-12-27-65(56)77-69(58)43-51/h1-44H. The van der Waals surface area contributed by atoms with Crippen LogP contribution in [0.25, 0.3) is 87.9 Å². The molecule has 2 aliphatic rings. The molecule has 79 heavy (non-hydrogen) atoms. The molecule has 3 aromatic heterocycles. The molecule has 0 atom stereocenters. The van der Waals surface area contributed by atoms with Crippen molar-refractivity contribution < 1.29 is 18.0 Å². The predicted molar refractivity (Wildman–Crippen MR) is 320 cm³/mol. The second kappa shape index (κ2) is 16.7. The van der Waals surface area contributed by atoms with Crippen molar-refractivity contribution in [2.75, 3.05) is 9.80 Å². The Kier molecular flexibility index (Phi) is 9.24. The number of rotatable bonds is 7. The molecule has 6 heteroatoms. The zero-order valence-electron chi connectivity index (χ0n) is 42.4. The average molecular weight is 1010 g/mol. The highest BCUT2D eigenvalue weighted by Crippen LogP contribution is 2.64.